The molecule has 3 N–H and O–H groups in total. The molecular weight excluding hydrogens is 546 g/mol. The maximum absolute atomic E-state index is 14.9. The first-order valence-electron chi connectivity index (χ1n) is 12.4. The van der Waals surface area contributed by atoms with Crippen molar-refractivity contribution in [2.45, 2.75) is 24.1 Å². The van der Waals surface area contributed by atoms with E-state index in [0.717, 1.165) is 23.2 Å². The Morgan fingerprint density at radius 3 is 2.53 bits per heavy atom. The molecule has 1 aliphatic carbocycles. The number of benzene rings is 3. The van der Waals surface area contributed by atoms with E-state index in [9.17, 15) is 19.1 Å². The molecule has 1 atom stereocenters. The summed E-state index contributed by atoms with van der Waals surface area (Å²) in [5, 5.41) is 20.6. The second-order valence-corrected chi connectivity index (χ2v) is 10.0. The van der Waals surface area contributed by atoms with Crippen LogP contribution in [0.1, 0.15) is 56.6 Å². The minimum absolute atomic E-state index is 0.00545. The van der Waals surface area contributed by atoms with E-state index in [-0.39, 0.29) is 23.1 Å². The summed E-state index contributed by atoms with van der Waals surface area (Å²) in [6.07, 6.45) is 2.40. The number of nitrogens with one attached hydrogen (secondary N) is 2. The van der Waals surface area contributed by atoms with Crippen LogP contribution in [0, 0.1) is 11.7 Å². The van der Waals surface area contributed by atoms with Gasteiger partial charge in [-0.15, -0.1) is 0 Å². The normalized spacial score (nSPS) is 13.7. The molecule has 0 spiro atoms. The average Bonchev–Trinajstić information content (AvgIpc) is 3.65. The van der Waals surface area contributed by atoms with Crippen LogP contribution in [0.4, 0.5) is 10.1 Å². The fourth-order valence-electron chi connectivity index (χ4n) is 4.32. The zero-order valence-corrected chi connectivity index (χ0v) is 22.3. The number of anilines is 1. The molecule has 0 saturated heterocycles. The molecule has 1 heterocycles. The van der Waals surface area contributed by atoms with Crippen molar-refractivity contribution < 1.29 is 19.1 Å². The van der Waals surface area contributed by atoms with Crippen molar-refractivity contribution in [3.63, 3.8) is 0 Å². The molecular formula is C29H26AsFN4O3. The minimum atomic E-state index is -1.26. The Morgan fingerprint density at radius 1 is 1.03 bits per heavy atom. The second-order valence-electron chi connectivity index (χ2n) is 9.35. The second kappa shape index (κ2) is 11.3. The van der Waals surface area contributed by atoms with Gasteiger partial charge in [-0.2, -0.15) is 0 Å². The molecule has 1 amide bonds. The van der Waals surface area contributed by atoms with Crippen molar-refractivity contribution in [3.05, 3.63) is 113 Å². The fourth-order valence-corrected chi connectivity index (χ4v) is 4.73. The molecule has 38 heavy (non-hydrogen) atoms. The van der Waals surface area contributed by atoms with Gasteiger partial charge in [-0.3, -0.25) is 0 Å². The van der Waals surface area contributed by atoms with Gasteiger partial charge in [0.25, 0.3) is 0 Å². The number of halogens is 1. The molecule has 2 radical (unpaired) electrons. The molecule has 1 fully saturated rings. The van der Waals surface area contributed by atoms with Gasteiger partial charge in [-0.05, 0) is 30.9 Å². The predicted molar refractivity (Wildman–Crippen MR) is 143 cm³/mol. The van der Waals surface area contributed by atoms with E-state index < -0.39 is 17.7 Å². The first-order chi connectivity index (χ1) is 18.4. The fraction of sp³-hybridized carbons (Fsp3) is 0.207. The zero-order valence-electron chi connectivity index (χ0n) is 20.5. The number of carbonyl (C=O) groups is 2. The third kappa shape index (κ3) is 5.87. The van der Waals surface area contributed by atoms with Gasteiger partial charge in [0.1, 0.15) is 0 Å². The van der Waals surface area contributed by atoms with E-state index in [4.69, 9.17) is 0 Å². The summed E-state index contributed by atoms with van der Waals surface area (Å²) in [6, 6.07) is 22.9. The SMILES string of the molecule is O=C(O)c1cc(C(=O)Nc2cc(C(NCC3CC3)c3ccccc3)ccc2F)n(-c2cccc(C[As])c2)n1. The van der Waals surface area contributed by atoms with Crippen LogP contribution in [-0.2, 0) is 5.21 Å². The molecule has 3 aromatic carbocycles. The number of nitrogens with zero attached hydrogens (tertiary/aromatic N) is 2. The Kier molecular flexibility index (Phi) is 7.72. The summed E-state index contributed by atoms with van der Waals surface area (Å²) >= 11 is 2.46. The van der Waals surface area contributed by atoms with Gasteiger partial charge in [-0.1, -0.05) is 30.3 Å². The Labute approximate surface area is 228 Å². The number of amides is 1. The Morgan fingerprint density at radius 2 is 1.82 bits per heavy atom. The van der Waals surface area contributed by atoms with Crippen molar-refractivity contribution in [3.8, 4) is 5.69 Å². The topological polar surface area (TPSA) is 96.2 Å². The van der Waals surface area contributed by atoms with Crippen LogP contribution < -0.4 is 10.6 Å². The standard InChI is InChI=1S/C29H26AsFN4O3/c30-16-19-5-4-8-22(13-19)35-26(15-25(34-35)29(37)38)28(36)33-24-14-21(11-12-23(24)31)27(32-17-18-9-10-18)20-6-2-1-3-7-20/h1-8,11-15,18,27,32H,9-10,16-17H2,(H,33,36)(H,37,38). The summed E-state index contributed by atoms with van der Waals surface area (Å²) in [6.45, 7) is 0.853. The third-order valence-electron chi connectivity index (χ3n) is 6.51. The van der Waals surface area contributed by atoms with Gasteiger partial charge in [0.2, 0.25) is 0 Å². The van der Waals surface area contributed by atoms with Crippen LogP contribution in [0.3, 0.4) is 0 Å². The number of carboxylic acid groups (broad SMARTS) is 1. The Bertz CT molecular complexity index is 1470. The van der Waals surface area contributed by atoms with Crippen LogP contribution in [0.25, 0.3) is 5.69 Å². The molecule has 9 heteroatoms. The number of hydrogen-bond donors (Lipinski definition) is 3. The zero-order chi connectivity index (χ0) is 26.6. The van der Waals surface area contributed by atoms with E-state index in [1.165, 1.54) is 29.7 Å². The van der Waals surface area contributed by atoms with Crippen molar-refractivity contribution >= 4 is 34.4 Å². The van der Waals surface area contributed by atoms with Crippen LogP contribution in [0.15, 0.2) is 78.9 Å². The Balaban J connectivity index is 1.47. The van der Waals surface area contributed by atoms with Crippen LogP contribution in [0.5, 0.6) is 0 Å². The van der Waals surface area contributed by atoms with E-state index in [2.05, 4.69) is 32.6 Å². The molecule has 1 unspecified atom stereocenters. The van der Waals surface area contributed by atoms with Gasteiger partial charge >= 0.3 is 162 Å². The molecule has 192 valence electrons. The van der Waals surface area contributed by atoms with Crippen molar-refractivity contribution in [1.29, 1.82) is 0 Å². The van der Waals surface area contributed by atoms with Crippen molar-refractivity contribution in [2.75, 3.05) is 11.9 Å². The van der Waals surface area contributed by atoms with Crippen LogP contribution >= 0.6 is 0 Å². The van der Waals surface area contributed by atoms with Gasteiger partial charge in [0, 0.05) is 0 Å². The quantitative estimate of drug-likeness (QED) is 0.239. The number of carboxylic acids is 1. The molecule has 7 nitrogen and oxygen atoms in total. The number of hydrogen-bond acceptors (Lipinski definition) is 4. The molecule has 5 rings (SSSR count). The number of rotatable bonds is 10. The number of carbonyl (C=O) groups excluding carboxylic acids is 1. The molecule has 1 saturated carbocycles. The van der Waals surface area contributed by atoms with E-state index >= 15 is 0 Å². The van der Waals surface area contributed by atoms with Crippen LogP contribution in [0.2, 0.25) is 0 Å². The molecule has 0 bridgehead atoms. The summed E-state index contributed by atoms with van der Waals surface area (Å²) in [5.74, 6) is -1.87. The van der Waals surface area contributed by atoms with Gasteiger partial charge < -0.3 is 5.32 Å². The summed E-state index contributed by atoms with van der Waals surface area (Å²) in [4.78, 5) is 25.0. The van der Waals surface area contributed by atoms with E-state index in [1.54, 1.807) is 18.2 Å². The van der Waals surface area contributed by atoms with Gasteiger partial charge in [0.15, 0.2) is 0 Å². The maximum atomic E-state index is 14.9. The van der Waals surface area contributed by atoms with E-state index in [1.807, 2.05) is 48.5 Å². The molecule has 1 aromatic heterocycles. The molecule has 1 aliphatic rings. The summed E-state index contributed by atoms with van der Waals surface area (Å²) in [5.41, 5.74) is 3.07. The number of aromatic nitrogens is 2. The first kappa shape index (κ1) is 25.9. The molecule has 0 aliphatic heterocycles. The first-order valence-corrected chi connectivity index (χ1v) is 13.7. The molecule has 4 aromatic rings. The average molecular weight is 572 g/mol. The predicted octanol–water partition coefficient (Wildman–Crippen LogP) is 4.72. The van der Waals surface area contributed by atoms with Crippen molar-refractivity contribution in [2.24, 2.45) is 5.92 Å². The monoisotopic (exact) mass is 572 g/mol. The van der Waals surface area contributed by atoms with E-state index in [0.29, 0.717) is 16.8 Å². The number of aromatic carboxylic acids is 1. The van der Waals surface area contributed by atoms with Crippen molar-refractivity contribution in [1.82, 2.24) is 15.1 Å². The van der Waals surface area contributed by atoms with Gasteiger partial charge in [0.05, 0.1) is 0 Å². The van der Waals surface area contributed by atoms with Gasteiger partial charge in [-0.25, -0.2) is 0 Å². The summed E-state index contributed by atoms with van der Waals surface area (Å²) in [7, 11) is 0. The van der Waals surface area contributed by atoms with Crippen LogP contribution in [-0.4, -0.2) is 50.2 Å². The Hall–Kier alpha value is -3.74. The summed E-state index contributed by atoms with van der Waals surface area (Å²) < 4.78 is 16.2. The third-order valence-corrected chi connectivity index (χ3v) is 7.28.